The Morgan fingerprint density at radius 2 is 2.06 bits per heavy atom. The summed E-state index contributed by atoms with van der Waals surface area (Å²) in [7, 11) is 1.78. The van der Waals surface area contributed by atoms with Crippen molar-refractivity contribution in [1.82, 2.24) is 14.5 Å². The second-order valence-electron chi connectivity index (χ2n) is 3.80. The molecule has 1 heterocycles. The number of aromatic nitrogens is 2. The topological polar surface area (TPSA) is 38.1 Å². The zero-order chi connectivity index (χ0) is 12.3. The van der Waals surface area contributed by atoms with E-state index in [1.165, 1.54) is 0 Å². The number of hydrogen-bond acceptors (Lipinski definition) is 2. The van der Waals surface area contributed by atoms with Crippen molar-refractivity contribution in [3.63, 3.8) is 0 Å². The molecule has 1 amide bonds. The van der Waals surface area contributed by atoms with Gasteiger partial charge in [-0.3, -0.25) is 9.36 Å². The quantitative estimate of drug-likeness (QED) is 0.807. The summed E-state index contributed by atoms with van der Waals surface area (Å²) in [6.07, 6.45) is 3.26. The molecular weight excluding hydrogens is 214 g/mol. The number of rotatable bonds is 3. The first kappa shape index (κ1) is 11.4. The van der Waals surface area contributed by atoms with Gasteiger partial charge in [0.2, 0.25) is 0 Å². The zero-order valence-corrected chi connectivity index (χ0v) is 10.00. The molecule has 4 nitrogen and oxygen atoms in total. The minimum Gasteiger partial charge on any atom is -0.341 e. The molecule has 0 spiro atoms. The van der Waals surface area contributed by atoms with Gasteiger partial charge in [0.25, 0.3) is 5.91 Å². The maximum absolute atomic E-state index is 12.1. The van der Waals surface area contributed by atoms with Crippen molar-refractivity contribution in [3.8, 4) is 5.69 Å². The molecule has 4 heteroatoms. The predicted octanol–water partition coefficient (Wildman–Crippen LogP) is 1.96. The molecule has 0 radical (unpaired) electrons. The molecule has 0 fully saturated rings. The Morgan fingerprint density at radius 3 is 2.71 bits per heavy atom. The van der Waals surface area contributed by atoms with Gasteiger partial charge in [-0.15, -0.1) is 0 Å². The van der Waals surface area contributed by atoms with Gasteiger partial charge in [-0.25, -0.2) is 4.98 Å². The van der Waals surface area contributed by atoms with Crippen LogP contribution in [0.5, 0.6) is 0 Å². The smallest absolute Gasteiger partial charge is 0.272 e. The lowest BCUT2D eigenvalue weighted by atomic mass is 10.3. The summed E-state index contributed by atoms with van der Waals surface area (Å²) < 4.78 is 1.80. The monoisotopic (exact) mass is 229 g/mol. The molecule has 1 aromatic carbocycles. The number of para-hydroxylation sites is 1. The average Bonchev–Trinajstić information content (AvgIpc) is 2.87. The van der Waals surface area contributed by atoms with Crippen molar-refractivity contribution >= 4 is 5.91 Å². The lowest BCUT2D eigenvalue weighted by Crippen LogP contribution is -2.28. The molecule has 2 rings (SSSR count). The predicted molar refractivity (Wildman–Crippen MR) is 66.2 cm³/mol. The van der Waals surface area contributed by atoms with Crippen molar-refractivity contribution < 1.29 is 4.79 Å². The van der Waals surface area contributed by atoms with Crippen LogP contribution in [0.25, 0.3) is 5.69 Å². The van der Waals surface area contributed by atoms with E-state index in [2.05, 4.69) is 4.98 Å². The van der Waals surface area contributed by atoms with E-state index in [1.807, 2.05) is 37.3 Å². The van der Waals surface area contributed by atoms with E-state index in [4.69, 9.17) is 0 Å². The number of nitrogens with zero attached hydrogens (tertiary/aromatic N) is 3. The molecule has 0 atom stereocenters. The summed E-state index contributed by atoms with van der Waals surface area (Å²) in [5, 5.41) is 0. The van der Waals surface area contributed by atoms with Gasteiger partial charge in [0, 0.05) is 19.3 Å². The molecular formula is C13H15N3O. The fourth-order valence-corrected chi connectivity index (χ4v) is 1.59. The van der Waals surface area contributed by atoms with Crippen LogP contribution >= 0.6 is 0 Å². The van der Waals surface area contributed by atoms with Gasteiger partial charge >= 0.3 is 0 Å². The van der Waals surface area contributed by atoms with Crippen LogP contribution in [0.2, 0.25) is 0 Å². The van der Waals surface area contributed by atoms with Gasteiger partial charge in [-0.05, 0) is 19.1 Å². The lowest BCUT2D eigenvalue weighted by molar-refractivity contribution is 0.0794. The summed E-state index contributed by atoms with van der Waals surface area (Å²) >= 11 is 0. The van der Waals surface area contributed by atoms with E-state index in [0.717, 1.165) is 5.69 Å². The van der Waals surface area contributed by atoms with E-state index in [9.17, 15) is 4.79 Å². The van der Waals surface area contributed by atoms with Crippen molar-refractivity contribution in [2.75, 3.05) is 13.6 Å². The van der Waals surface area contributed by atoms with Crippen molar-refractivity contribution in [3.05, 3.63) is 48.5 Å². The highest BCUT2D eigenvalue weighted by molar-refractivity contribution is 5.92. The SMILES string of the molecule is CCN(C)C(=O)c1cncn1-c1ccccc1. The third kappa shape index (κ3) is 2.20. The largest absolute Gasteiger partial charge is 0.341 e. The standard InChI is InChI=1S/C13H15N3O/c1-3-15(2)13(17)12-9-14-10-16(12)11-7-5-4-6-8-11/h4-10H,3H2,1-2H3. The van der Waals surface area contributed by atoms with Crippen LogP contribution in [0, 0.1) is 0 Å². The second-order valence-corrected chi connectivity index (χ2v) is 3.80. The molecule has 1 aromatic heterocycles. The van der Waals surface area contributed by atoms with Gasteiger partial charge in [0.05, 0.1) is 12.5 Å². The number of hydrogen-bond donors (Lipinski definition) is 0. The maximum atomic E-state index is 12.1. The third-order valence-electron chi connectivity index (χ3n) is 2.71. The Morgan fingerprint density at radius 1 is 1.35 bits per heavy atom. The first-order valence-corrected chi connectivity index (χ1v) is 5.57. The number of imidazole rings is 1. The van der Waals surface area contributed by atoms with E-state index in [1.54, 1.807) is 29.0 Å². The van der Waals surface area contributed by atoms with Crippen LogP contribution in [-0.2, 0) is 0 Å². The molecule has 0 aliphatic carbocycles. The highest BCUT2D eigenvalue weighted by atomic mass is 16.2. The highest BCUT2D eigenvalue weighted by Gasteiger charge is 2.15. The maximum Gasteiger partial charge on any atom is 0.272 e. The molecule has 0 saturated heterocycles. The Hall–Kier alpha value is -2.10. The van der Waals surface area contributed by atoms with E-state index in [-0.39, 0.29) is 5.91 Å². The van der Waals surface area contributed by atoms with Crippen molar-refractivity contribution in [2.24, 2.45) is 0 Å². The Balaban J connectivity index is 2.39. The molecule has 17 heavy (non-hydrogen) atoms. The Labute approximate surface area is 101 Å². The number of benzene rings is 1. The van der Waals surface area contributed by atoms with Gasteiger partial charge in [0.1, 0.15) is 5.69 Å². The second kappa shape index (κ2) is 4.82. The summed E-state index contributed by atoms with van der Waals surface area (Å²) in [6, 6.07) is 9.72. The lowest BCUT2D eigenvalue weighted by Gasteiger charge is -2.15. The summed E-state index contributed by atoms with van der Waals surface area (Å²) in [5.41, 5.74) is 1.53. The van der Waals surface area contributed by atoms with Crippen LogP contribution in [-0.4, -0.2) is 34.0 Å². The van der Waals surface area contributed by atoms with Crippen LogP contribution in [0.15, 0.2) is 42.9 Å². The van der Waals surface area contributed by atoms with Gasteiger partial charge in [0.15, 0.2) is 0 Å². The van der Waals surface area contributed by atoms with E-state index >= 15 is 0 Å². The van der Waals surface area contributed by atoms with Gasteiger partial charge in [-0.2, -0.15) is 0 Å². The van der Waals surface area contributed by atoms with Crippen molar-refractivity contribution in [1.29, 1.82) is 0 Å². The number of carbonyl (C=O) groups excluding carboxylic acids is 1. The van der Waals surface area contributed by atoms with Gasteiger partial charge in [-0.1, -0.05) is 18.2 Å². The van der Waals surface area contributed by atoms with Crippen molar-refractivity contribution in [2.45, 2.75) is 6.92 Å². The molecule has 88 valence electrons. The Kier molecular flexibility index (Phi) is 3.23. The average molecular weight is 229 g/mol. The third-order valence-corrected chi connectivity index (χ3v) is 2.71. The Bertz CT molecular complexity index is 504. The first-order chi connectivity index (χ1) is 8.24. The minimum absolute atomic E-state index is 0.0196. The van der Waals surface area contributed by atoms with Crippen LogP contribution in [0.3, 0.4) is 0 Å². The van der Waals surface area contributed by atoms with Crippen LogP contribution in [0.4, 0.5) is 0 Å². The molecule has 0 N–H and O–H groups in total. The normalized spacial score (nSPS) is 10.2. The fourth-order valence-electron chi connectivity index (χ4n) is 1.59. The molecule has 0 saturated carbocycles. The number of carbonyl (C=O) groups is 1. The highest BCUT2D eigenvalue weighted by Crippen LogP contribution is 2.12. The van der Waals surface area contributed by atoms with Gasteiger partial charge < -0.3 is 4.90 Å². The molecule has 0 bridgehead atoms. The number of amides is 1. The zero-order valence-electron chi connectivity index (χ0n) is 10.00. The molecule has 2 aromatic rings. The molecule has 0 aliphatic heterocycles. The summed E-state index contributed by atoms with van der Waals surface area (Å²) in [4.78, 5) is 17.8. The van der Waals surface area contributed by atoms with E-state index < -0.39 is 0 Å². The van der Waals surface area contributed by atoms with Crippen LogP contribution < -0.4 is 0 Å². The minimum atomic E-state index is -0.0196. The van der Waals surface area contributed by atoms with E-state index in [0.29, 0.717) is 12.2 Å². The fraction of sp³-hybridized carbons (Fsp3) is 0.231. The van der Waals surface area contributed by atoms with Crippen LogP contribution in [0.1, 0.15) is 17.4 Å². The molecule has 0 unspecified atom stereocenters. The first-order valence-electron chi connectivity index (χ1n) is 5.57. The summed E-state index contributed by atoms with van der Waals surface area (Å²) in [5.74, 6) is -0.0196. The summed E-state index contributed by atoms with van der Waals surface area (Å²) in [6.45, 7) is 2.62. The molecule has 0 aliphatic rings.